The van der Waals surface area contributed by atoms with Crippen LogP contribution in [0.4, 0.5) is 13.2 Å². The Morgan fingerprint density at radius 2 is 1.95 bits per heavy atom. The number of alkyl halides is 3. The van der Waals surface area contributed by atoms with Crippen LogP contribution in [-0.2, 0) is 6.18 Å². The van der Waals surface area contributed by atoms with Gasteiger partial charge in [-0.05, 0) is 42.9 Å². The van der Waals surface area contributed by atoms with E-state index in [0.29, 0.717) is 0 Å². The van der Waals surface area contributed by atoms with Crippen molar-refractivity contribution < 1.29 is 13.2 Å². The monoisotopic (exact) mass is 281 g/mol. The number of nitrogens with zero attached hydrogens (tertiary/aromatic N) is 1. The maximum atomic E-state index is 12.8. The van der Waals surface area contributed by atoms with Crippen molar-refractivity contribution in [2.45, 2.75) is 31.5 Å². The molecule has 1 aliphatic heterocycles. The van der Waals surface area contributed by atoms with Crippen LogP contribution < -0.4 is 0 Å². The molecule has 0 spiro atoms. The zero-order chi connectivity index (χ0) is 14.2. The second-order valence-corrected chi connectivity index (χ2v) is 5.74. The summed E-state index contributed by atoms with van der Waals surface area (Å²) in [7, 11) is 0. The second-order valence-electron chi connectivity index (χ2n) is 5.74. The summed E-state index contributed by atoms with van der Waals surface area (Å²) in [5.41, 5.74) is 0.237. The highest BCUT2D eigenvalue weighted by atomic mass is 19.4. The highest BCUT2D eigenvalue weighted by Gasteiger charge is 2.33. The van der Waals surface area contributed by atoms with Gasteiger partial charge in [-0.3, -0.25) is 4.90 Å². The van der Waals surface area contributed by atoms with Crippen molar-refractivity contribution in [3.8, 4) is 0 Å². The van der Waals surface area contributed by atoms with Crippen molar-refractivity contribution >= 4 is 0 Å². The van der Waals surface area contributed by atoms with E-state index in [2.05, 4.69) is 17.1 Å². The summed E-state index contributed by atoms with van der Waals surface area (Å²) in [6.45, 7) is 1.85. The van der Waals surface area contributed by atoms with E-state index in [0.717, 1.165) is 37.1 Å². The molecule has 1 unspecified atom stereocenters. The fourth-order valence-corrected chi connectivity index (χ4v) is 2.81. The Bertz CT molecular complexity index is 503. The van der Waals surface area contributed by atoms with Gasteiger partial charge in [0, 0.05) is 19.1 Å². The fraction of sp³-hybridized carbons (Fsp3) is 0.500. The smallest absolute Gasteiger partial charge is 0.292 e. The van der Waals surface area contributed by atoms with E-state index in [1.165, 1.54) is 25.0 Å². The summed E-state index contributed by atoms with van der Waals surface area (Å²) in [6.07, 6.45) is 3.25. The maximum absolute atomic E-state index is 12.8. The molecule has 0 radical (unpaired) electrons. The van der Waals surface area contributed by atoms with Crippen molar-refractivity contribution in [1.82, 2.24) is 4.90 Å². The lowest BCUT2D eigenvalue weighted by Gasteiger charge is -2.33. The van der Waals surface area contributed by atoms with Crippen LogP contribution in [-0.4, -0.2) is 18.0 Å². The third kappa shape index (κ3) is 3.06. The minimum atomic E-state index is -4.26. The minimum absolute atomic E-state index is 0.0860. The minimum Gasteiger partial charge on any atom is -0.292 e. The van der Waals surface area contributed by atoms with E-state index in [9.17, 15) is 13.2 Å². The summed E-state index contributed by atoms with van der Waals surface area (Å²) < 4.78 is 38.5. The van der Waals surface area contributed by atoms with E-state index in [1.807, 2.05) is 6.07 Å². The van der Waals surface area contributed by atoms with Gasteiger partial charge in [-0.25, -0.2) is 0 Å². The average Bonchev–Trinajstić information content (AvgIpc) is 3.23. The van der Waals surface area contributed by atoms with Crippen LogP contribution in [0.5, 0.6) is 0 Å². The Balaban J connectivity index is 1.83. The Morgan fingerprint density at radius 1 is 1.15 bits per heavy atom. The Morgan fingerprint density at radius 3 is 2.65 bits per heavy atom. The molecular weight excluding hydrogens is 263 g/mol. The van der Waals surface area contributed by atoms with Gasteiger partial charge in [0.15, 0.2) is 0 Å². The van der Waals surface area contributed by atoms with Gasteiger partial charge in [-0.1, -0.05) is 24.3 Å². The van der Waals surface area contributed by atoms with E-state index in [1.54, 1.807) is 0 Å². The number of benzene rings is 1. The SMILES string of the molecule is FC(F)(F)c1cccc(C2CC=CCN2CC2CC2)c1. The molecule has 0 amide bonds. The molecule has 2 aliphatic rings. The van der Waals surface area contributed by atoms with Crippen molar-refractivity contribution in [2.24, 2.45) is 5.92 Å². The van der Waals surface area contributed by atoms with Gasteiger partial charge in [-0.15, -0.1) is 0 Å². The molecule has 1 atom stereocenters. The first kappa shape index (κ1) is 13.7. The molecule has 4 heteroatoms. The van der Waals surface area contributed by atoms with Crippen molar-refractivity contribution in [1.29, 1.82) is 0 Å². The van der Waals surface area contributed by atoms with Gasteiger partial charge in [0.25, 0.3) is 0 Å². The first-order valence-corrected chi connectivity index (χ1v) is 7.10. The molecule has 1 aromatic carbocycles. The average molecular weight is 281 g/mol. The third-order valence-electron chi connectivity index (χ3n) is 4.10. The zero-order valence-electron chi connectivity index (χ0n) is 11.2. The van der Waals surface area contributed by atoms with Crippen molar-refractivity contribution in [3.05, 3.63) is 47.5 Å². The zero-order valence-corrected chi connectivity index (χ0v) is 11.2. The maximum Gasteiger partial charge on any atom is 0.416 e. The quantitative estimate of drug-likeness (QED) is 0.741. The highest BCUT2D eigenvalue weighted by Crippen LogP contribution is 2.37. The van der Waals surface area contributed by atoms with E-state index >= 15 is 0 Å². The molecular formula is C16H18F3N. The summed E-state index contributed by atoms with van der Waals surface area (Å²) in [5, 5.41) is 0. The van der Waals surface area contributed by atoms with E-state index in [-0.39, 0.29) is 6.04 Å². The van der Waals surface area contributed by atoms with Gasteiger partial charge in [-0.2, -0.15) is 13.2 Å². The summed E-state index contributed by atoms with van der Waals surface area (Å²) in [6, 6.07) is 5.88. The predicted octanol–water partition coefficient (Wildman–Crippen LogP) is 4.42. The third-order valence-corrected chi connectivity index (χ3v) is 4.10. The van der Waals surface area contributed by atoms with Crippen LogP contribution in [0.3, 0.4) is 0 Å². The van der Waals surface area contributed by atoms with Gasteiger partial charge >= 0.3 is 6.18 Å². The topological polar surface area (TPSA) is 3.24 Å². The molecule has 3 rings (SSSR count). The van der Waals surface area contributed by atoms with Crippen LogP contribution in [0.15, 0.2) is 36.4 Å². The van der Waals surface area contributed by atoms with Crippen LogP contribution in [0, 0.1) is 5.92 Å². The lowest BCUT2D eigenvalue weighted by molar-refractivity contribution is -0.137. The van der Waals surface area contributed by atoms with Gasteiger partial charge in [0.05, 0.1) is 5.56 Å². The number of hydrogen-bond acceptors (Lipinski definition) is 1. The molecule has 1 nitrogen and oxygen atoms in total. The van der Waals surface area contributed by atoms with E-state index < -0.39 is 11.7 Å². The van der Waals surface area contributed by atoms with Crippen LogP contribution in [0.1, 0.15) is 36.4 Å². The van der Waals surface area contributed by atoms with Crippen molar-refractivity contribution in [3.63, 3.8) is 0 Å². The Kier molecular flexibility index (Phi) is 3.59. The summed E-state index contributed by atoms with van der Waals surface area (Å²) in [4.78, 5) is 2.31. The first-order valence-electron chi connectivity index (χ1n) is 7.10. The van der Waals surface area contributed by atoms with Crippen molar-refractivity contribution in [2.75, 3.05) is 13.1 Å². The molecule has 0 aromatic heterocycles. The Labute approximate surface area is 117 Å². The largest absolute Gasteiger partial charge is 0.416 e. The Hall–Kier alpha value is -1.29. The molecule has 1 saturated carbocycles. The second kappa shape index (κ2) is 5.24. The lowest BCUT2D eigenvalue weighted by Crippen LogP contribution is -2.33. The molecule has 108 valence electrons. The molecule has 0 bridgehead atoms. The highest BCUT2D eigenvalue weighted by molar-refractivity contribution is 5.29. The fourth-order valence-electron chi connectivity index (χ4n) is 2.81. The van der Waals surface area contributed by atoms with Gasteiger partial charge < -0.3 is 0 Å². The molecule has 0 N–H and O–H groups in total. The molecule has 1 aromatic rings. The summed E-state index contributed by atoms with van der Waals surface area (Å²) in [5.74, 6) is 0.745. The number of rotatable bonds is 3. The van der Waals surface area contributed by atoms with Crippen LogP contribution >= 0.6 is 0 Å². The number of hydrogen-bond donors (Lipinski definition) is 0. The number of halogens is 3. The normalized spacial score (nSPS) is 24.1. The van der Waals surface area contributed by atoms with Crippen LogP contribution in [0.2, 0.25) is 0 Å². The molecule has 1 heterocycles. The van der Waals surface area contributed by atoms with E-state index in [4.69, 9.17) is 0 Å². The standard InChI is InChI=1S/C16H18F3N/c17-16(18,19)14-5-3-4-13(10-14)15-6-1-2-9-20(15)11-12-7-8-12/h1-5,10,12,15H,6-9,11H2. The van der Waals surface area contributed by atoms with Gasteiger partial charge in [0.1, 0.15) is 0 Å². The first-order chi connectivity index (χ1) is 9.54. The van der Waals surface area contributed by atoms with Gasteiger partial charge in [0.2, 0.25) is 0 Å². The molecule has 20 heavy (non-hydrogen) atoms. The summed E-state index contributed by atoms with van der Waals surface area (Å²) >= 11 is 0. The lowest BCUT2D eigenvalue weighted by atomic mass is 9.97. The molecule has 1 fully saturated rings. The molecule has 1 aliphatic carbocycles. The van der Waals surface area contributed by atoms with Crippen LogP contribution in [0.25, 0.3) is 0 Å². The predicted molar refractivity (Wildman–Crippen MR) is 72.2 cm³/mol. The molecule has 0 saturated heterocycles.